The van der Waals surface area contributed by atoms with E-state index < -0.39 is 0 Å². The van der Waals surface area contributed by atoms with Crippen LogP contribution in [-0.4, -0.2) is 30.9 Å². The molecule has 1 atom stereocenters. The Balaban J connectivity index is 2.02. The summed E-state index contributed by atoms with van der Waals surface area (Å²) in [5, 5.41) is 3.98. The molecule has 1 unspecified atom stereocenters. The van der Waals surface area contributed by atoms with E-state index in [1.165, 1.54) is 0 Å². The van der Waals surface area contributed by atoms with Gasteiger partial charge in [0.2, 0.25) is 5.91 Å². The molecule has 0 aliphatic carbocycles. The van der Waals surface area contributed by atoms with Gasteiger partial charge in [-0.25, -0.2) is 0 Å². The molecule has 4 nitrogen and oxygen atoms in total. The number of likely N-dealkylation sites (N-methyl/N-ethyl adjacent to an activating group) is 1. The highest BCUT2D eigenvalue weighted by molar-refractivity contribution is 5.78. The minimum Gasteiger partial charge on any atom is -0.459 e. The van der Waals surface area contributed by atoms with E-state index in [0.29, 0.717) is 6.54 Å². The molecule has 1 N–H and O–H groups in total. The average Bonchev–Trinajstić information content (AvgIpc) is 2.87. The molecule has 0 bridgehead atoms. The van der Waals surface area contributed by atoms with Crippen LogP contribution < -0.4 is 5.32 Å². The van der Waals surface area contributed by atoms with Crippen LogP contribution in [0.4, 0.5) is 0 Å². The monoisotopic (exact) mass is 274 g/mol. The highest BCUT2D eigenvalue weighted by atomic mass is 16.3. The first-order valence-electron chi connectivity index (χ1n) is 7.07. The Labute approximate surface area is 119 Å². The zero-order chi connectivity index (χ0) is 14.5. The summed E-state index contributed by atoms with van der Waals surface area (Å²) in [6.45, 7) is 5.19. The zero-order valence-corrected chi connectivity index (χ0v) is 12.3. The topological polar surface area (TPSA) is 45.5 Å². The van der Waals surface area contributed by atoms with Crippen LogP contribution >= 0.6 is 0 Å². The normalized spacial score (nSPS) is 12.8. The highest BCUT2D eigenvalue weighted by Crippen LogP contribution is 2.26. The van der Waals surface area contributed by atoms with Crippen LogP contribution in [0.3, 0.4) is 0 Å². The van der Waals surface area contributed by atoms with Crippen LogP contribution in [0.2, 0.25) is 0 Å². The number of furan rings is 1. The number of carbonyl (C=O) groups is 1. The standard InChI is InChI=1S/C16H22N2O2/c1-4-9-17-16(19)11-18(3)12(2)15-10-13-7-5-6-8-14(13)20-15/h5-8,10,12H,4,9,11H2,1-3H3,(H,17,19). The van der Waals surface area contributed by atoms with Gasteiger partial charge in [0.05, 0.1) is 12.6 Å². The molecule has 0 fully saturated rings. The molecule has 0 aliphatic rings. The van der Waals surface area contributed by atoms with Crippen molar-refractivity contribution in [2.45, 2.75) is 26.3 Å². The van der Waals surface area contributed by atoms with E-state index in [1.54, 1.807) is 0 Å². The summed E-state index contributed by atoms with van der Waals surface area (Å²) < 4.78 is 5.84. The Morgan fingerprint density at radius 1 is 1.40 bits per heavy atom. The van der Waals surface area contributed by atoms with Crippen molar-refractivity contribution in [2.24, 2.45) is 0 Å². The van der Waals surface area contributed by atoms with E-state index in [9.17, 15) is 4.79 Å². The SMILES string of the molecule is CCCNC(=O)CN(C)C(C)c1cc2ccccc2o1. The van der Waals surface area contributed by atoms with Crippen LogP contribution in [0.25, 0.3) is 11.0 Å². The molecule has 0 spiro atoms. The molecule has 2 rings (SSSR count). The average molecular weight is 274 g/mol. The highest BCUT2D eigenvalue weighted by Gasteiger charge is 2.18. The van der Waals surface area contributed by atoms with Gasteiger partial charge in [-0.1, -0.05) is 25.1 Å². The smallest absolute Gasteiger partial charge is 0.234 e. The fourth-order valence-electron chi connectivity index (χ4n) is 2.11. The number of hydrogen-bond donors (Lipinski definition) is 1. The Morgan fingerprint density at radius 2 is 2.15 bits per heavy atom. The van der Waals surface area contributed by atoms with Gasteiger partial charge in [-0.15, -0.1) is 0 Å². The molecule has 1 amide bonds. The molecule has 4 heteroatoms. The lowest BCUT2D eigenvalue weighted by atomic mass is 10.2. The number of nitrogens with one attached hydrogen (secondary N) is 1. The maximum atomic E-state index is 11.7. The van der Waals surface area contributed by atoms with Gasteiger partial charge in [0, 0.05) is 11.9 Å². The Kier molecular flexibility index (Phi) is 4.79. The third-order valence-corrected chi connectivity index (χ3v) is 3.48. The molecular formula is C16H22N2O2. The second-order valence-electron chi connectivity index (χ2n) is 5.13. The molecule has 1 aromatic carbocycles. The van der Waals surface area contributed by atoms with Crippen LogP contribution in [-0.2, 0) is 4.79 Å². The van der Waals surface area contributed by atoms with Crippen LogP contribution in [0, 0.1) is 0 Å². The predicted molar refractivity (Wildman–Crippen MR) is 80.6 cm³/mol. The van der Waals surface area contributed by atoms with Crippen molar-refractivity contribution in [1.29, 1.82) is 0 Å². The second-order valence-corrected chi connectivity index (χ2v) is 5.13. The van der Waals surface area contributed by atoms with Crippen molar-refractivity contribution < 1.29 is 9.21 Å². The largest absolute Gasteiger partial charge is 0.459 e. The van der Waals surface area contributed by atoms with Gasteiger partial charge in [-0.05, 0) is 32.5 Å². The van der Waals surface area contributed by atoms with Crippen molar-refractivity contribution in [1.82, 2.24) is 10.2 Å². The predicted octanol–water partition coefficient (Wildman–Crippen LogP) is 2.95. The number of amides is 1. The van der Waals surface area contributed by atoms with Gasteiger partial charge in [0.15, 0.2) is 0 Å². The minimum atomic E-state index is 0.0531. The molecular weight excluding hydrogens is 252 g/mol. The van der Waals surface area contributed by atoms with E-state index in [-0.39, 0.29) is 11.9 Å². The molecule has 0 radical (unpaired) electrons. The lowest BCUT2D eigenvalue weighted by Crippen LogP contribution is -2.36. The first-order chi connectivity index (χ1) is 9.61. The molecule has 1 aromatic heterocycles. The summed E-state index contributed by atoms with van der Waals surface area (Å²) in [5.41, 5.74) is 0.887. The maximum absolute atomic E-state index is 11.7. The number of nitrogens with zero attached hydrogens (tertiary/aromatic N) is 1. The van der Waals surface area contributed by atoms with Crippen LogP contribution in [0.15, 0.2) is 34.7 Å². The van der Waals surface area contributed by atoms with E-state index in [0.717, 1.165) is 29.7 Å². The summed E-state index contributed by atoms with van der Waals surface area (Å²) in [4.78, 5) is 13.7. The third kappa shape index (κ3) is 3.39. The maximum Gasteiger partial charge on any atom is 0.234 e. The minimum absolute atomic E-state index is 0.0531. The van der Waals surface area contributed by atoms with E-state index in [1.807, 2.05) is 56.1 Å². The summed E-state index contributed by atoms with van der Waals surface area (Å²) >= 11 is 0. The van der Waals surface area contributed by atoms with Gasteiger partial charge in [-0.3, -0.25) is 9.69 Å². The Hall–Kier alpha value is -1.81. The number of fused-ring (bicyclic) bond motifs is 1. The summed E-state index contributed by atoms with van der Waals surface area (Å²) in [7, 11) is 1.93. The number of carbonyl (C=O) groups excluding carboxylic acids is 1. The Bertz CT molecular complexity index is 544. The van der Waals surface area contributed by atoms with Crippen molar-refractivity contribution in [3.63, 3.8) is 0 Å². The molecule has 0 saturated carbocycles. The lowest BCUT2D eigenvalue weighted by Gasteiger charge is -2.22. The van der Waals surface area contributed by atoms with Crippen molar-refractivity contribution in [2.75, 3.05) is 20.1 Å². The molecule has 0 aliphatic heterocycles. The third-order valence-electron chi connectivity index (χ3n) is 3.48. The van der Waals surface area contributed by atoms with Crippen LogP contribution in [0.5, 0.6) is 0 Å². The van der Waals surface area contributed by atoms with Crippen LogP contribution in [0.1, 0.15) is 32.1 Å². The fourth-order valence-corrected chi connectivity index (χ4v) is 2.11. The van der Waals surface area contributed by atoms with E-state index in [4.69, 9.17) is 4.42 Å². The van der Waals surface area contributed by atoms with Gasteiger partial charge in [-0.2, -0.15) is 0 Å². The van der Waals surface area contributed by atoms with Gasteiger partial charge < -0.3 is 9.73 Å². The lowest BCUT2D eigenvalue weighted by molar-refractivity contribution is -0.122. The van der Waals surface area contributed by atoms with Crippen molar-refractivity contribution >= 4 is 16.9 Å². The van der Waals surface area contributed by atoms with Crippen molar-refractivity contribution in [3.8, 4) is 0 Å². The van der Waals surface area contributed by atoms with Gasteiger partial charge >= 0.3 is 0 Å². The van der Waals surface area contributed by atoms with Crippen molar-refractivity contribution in [3.05, 3.63) is 36.1 Å². The summed E-state index contributed by atoms with van der Waals surface area (Å²) in [6.07, 6.45) is 0.953. The number of rotatable bonds is 6. The second kappa shape index (κ2) is 6.57. The first kappa shape index (κ1) is 14.6. The summed E-state index contributed by atoms with van der Waals surface area (Å²) in [6, 6.07) is 10.1. The van der Waals surface area contributed by atoms with E-state index >= 15 is 0 Å². The summed E-state index contributed by atoms with van der Waals surface area (Å²) in [5.74, 6) is 0.939. The van der Waals surface area contributed by atoms with Gasteiger partial charge in [0.1, 0.15) is 11.3 Å². The fraction of sp³-hybridized carbons (Fsp3) is 0.438. The number of para-hydroxylation sites is 1. The molecule has 1 heterocycles. The number of hydrogen-bond acceptors (Lipinski definition) is 3. The molecule has 20 heavy (non-hydrogen) atoms. The van der Waals surface area contributed by atoms with E-state index in [2.05, 4.69) is 5.32 Å². The van der Waals surface area contributed by atoms with Gasteiger partial charge in [0.25, 0.3) is 0 Å². The zero-order valence-electron chi connectivity index (χ0n) is 12.3. The number of benzene rings is 1. The first-order valence-corrected chi connectivity index (χ1v) is 7.07. The quantitative estimate of drug-likeness (QED) is 0.881. The molecule has 108 valence electrons. The molecule has 2 aromatic rings. The molecule has 0 saturated heterocycles. The Morgan fingerprint density at radius 3 is 2.85 bits per heavy atom.